The summed E-state index contributed by atoms with van der Waals surface area (Å²) >= 11 is 0.913. The Morgan fingerprint density at radius 2 is 1.65 bits per heavy atom. The number of thioether (sulfide) groups is 1. The van der Waals surface area contributed by atoms with E-state index in [-0.39, 0.29) is 10.6 Å². The molecule has 11 heteroatoms. The van der Waals surface area contributed by atoms with Crippen molar-refractivity contribution in [3.8, 4) is 0 Å². The average Bonchev–Trinajstić information content (AvgIpc) is 2.46. The maximum atomic E-state index is 11.4. The van der Waals surface area contributed by atoms with Crippen LogP contribution in [0.4, 0.5) is 22.7 Å². The highest BCUT2D eigenvalue weighted by atomic mass is 32.2. The van der Waals surface area contributed by atoms with Gasteiger partial charge in [0.25, 0.3) is 5.69 Å². The van der Waals surface area contributed by atoms with E-state index in [9.17, 15) is 30.3 Å². The summed E-state index contributed by atoms with van der Waals surface area (Å²) in [7, 11) is 0. The molecule has 1 rings (SSSR count). The summed E-state index contributed by atoms with van der Waals surface area (Å²) in [5, 5.41) is 36.4. The lowest BCUT2D eigenvalue weighted by Crippen LogP contribution is -2.09. The molecule has 126 valence electrons. The van der Waals surface area contributed by atoms with Gasteiger partial charge in [0, 0.05) is 6.54 Å². The van der Waals surface area contributed by atoms with Crippen LogP contribution in [0.1, 0.15) is 26.7 Å². The maximum Gasteiger partial charge on any atom is 0.319 e. The maximum absolute atomic E-state index is 11.4. The van der Waals surface area contributed by atoms with Gasteiger partial charge >= 0.3 is 11.4 Å². The Hall–Kier alpha value is -2.43. The van der Waals surface area contributed by atoms with Crippen molar-refractivity contribution in [1.29, 1.82) is 0 Å². The van der Waals surface area contributed by atoms with Gasteiger partial charge in [-0.3, -0.25) is 30.3 Å². The van der Waals surface area contributed by atoms with E-state index in [4.69, 9.17) is 0 Å². The van der Waals surface area contributed by atoms with Crippen molar-refractivity contribution >= 4 is 34.5 Å². The summed E-state index contributed by atoms with van der Waals surface area (Å²) in [6, 6.07) is 0.777. The third-order valence-electron chi connectivity index (χ3n) is 2.91. The zero-order valence-electron chi connectivity index (χ0n) is 12.6. The molecule has 23 heavy (non-hydrogen) atoms. The van der Waals surface area contributed by atoms with Gasteiger partial charge in [0.15, 0.2) is 10.6 Å². The van der Waals surface area contributed by atoms with Gasteiger partial charge in [-0.2, -0.15) is 0 Å². The SMILES string of the molecule is CCCCNc1c([N+](=O)[O-])cc([N+](=O)[O-])c(SCC)c1[N+](=O)[O-]. The minimum Gasteiger partial charge on any atom is -0.374 e. The lowest BCUT2D eigenvalue weighted by molar-refractivity contribution is -0.406. The molecule has 10 nitrogen and oxygen atoms in total. The van der Waals surface area contributed by atoms with E-state index in [2.05, 4.69) is 5.32 Å². The molecule has 0 amide bonds. The Balaban J connectivity index is 3.67. The van der Waals surface area contributed by atoms with E-state index < -0.39 is 31.8 Å². The molecular weight excluding hydrogens is 328 g/mol. The first-order valence-corrected chi connectivity index (χ1v) is 7.84. The summed E-state index contributed by atoms with van der Waals surface area (Å²) in [5.41, 5.74) is -2.19. The normalized spacial score (nSPS) is 10.3. The fourth-order valence-corrected chi connectivity index (χ4v) is 2.81. The standard InChI is InChI=1S/C12H16N4O6S/c1-3-5-6-13-10-8(14(17)18)7-9(15(19)20)12(23-4-2)11(10)16(21)22/h7,13H,3-6H2,1-2H3. The molecule has 0 unspecified atom stereocenters. The van der Waals surface area contributed by atoms with E-state index in [0.29, 0.717) is 18.7 Å². The van der Waals surface area contributed by atoms with E-state index in [1.54, 1.807) is 6.92 Å². The Morgan fingerprint density at radius 3 is 2.09 bits per heavy atom. The summed E-state index contributed by atoms with van der Waals surface area (Å²) in [4.78, 5) is 31.1. The van der Waals surface area contributed by atoms with Crippen LogP contribution in [-0.4, -0.2) is 27.1 Å². The number of hydrogen-bond acceptors (Lipinski definition) is 8. The minimum atomic E-state index is -0.853. The number of nitro benzene ring substituents is 3. The molecule has 0 saturated heterocycles. The number of nitrogens with one attached hydrogen (secondary N) is 1. The number of nitrogens with zero attached hydrogens (tertiary/aromatic N) is 3. The van der Waals surface area contributed by atoms with Crippen LogP contribution < -0.4 is 5.32 Å². The number of unbranched alkanes of at least 4 members (excludes halogenated alkanes) is 1. The molecule has 0 aromatic heterocycles. The molecule has 0 aliphatic carbocycles. The van der Waals surface area contributed by atoms with Gasteiger partial charge in [-0.1, -0.05) is 20.3 Å². The molecular formula is C12H16N4O6S. The molecule has 0 aliphatic heterocycles. The number of hydrogen-bond donors (Lipinski definition) is 1. The fraction of sp³-hybridized carbons (Fsp3) is 0.500. The summed E-state index contributed by atoms with van der Waals surface area (Å²) in [6.45, 7) is 3.88. The molecule has 0 atom stereocenters. The Bertz CT molecular complexity index is 636. The van der Waals surface area contributed by atoms with Crippen molar-refractivity contribution in [2.45, 2.75) is 31.6 Å². The number of rotatable bonds is 9. The van der Waals surface area contributed by atoms with Crippen molar-refractivity contribution < 1.29 is 14.8 Å². The molecule has 0 heterocycles. The highest BCUT2D eigenvalue weighted by molar-refractivity contribution is 7.99. The van der Waals surface area contributed by atoms with Crippen molar-refractivity contribution in [3.63, 3.8) is 0 Å². The number of benzene rings is 1. The van der Waals surface area contributed by atoms with Crippen LogP contribution in [-0.2, 0) is 0 Å². The highest BCUT2D eigenvalue weighted by Gasteiger charge is 2.36. The van der Waals surface area contributed by atoms with Gasteiger partial charge in [-0.15, -0.1) is 11.8 Å². The molecule has 1 N–H and O–H groups in total. The molecule has 0 aliphatic rings. The Morgan fingerprint density at radius 1 is 1.04 bits per heavy atom. The zero-order chi connectivity index (χ0) is 17.6. The molecule has 0 radical (unpaired) electrons. The second kappa shape index (κ2) is 8.27. The largest absolute Gasteiger partial charge is 0.374 e. The predicted octanol–water partition coefficient (Wildman–Crippen LogP) is 3.74. The Labute approximate surface area is 135 Å². The molecule has 0 bridgehead atoms. The van der Waals surface area contributed by atoms with Gasteiger partial charge in [0.1, 0.15) is 0 Å². The number of anilines is 1. The summed E-state index contributed by atoms with van der Waals surface area (Å²) in [6.07, 6.45) is 1.44. The second-order valence-electron chi connectivity index (χ2n) is 4.45. The van der Waals surface area contributed by atoms with E-state index >= 15 is 0 Å². The van der Waals surface area contributed by atoms with Crippen LogP contribution in [0.15, 0.2) is 11.0 Å². The third-order valence-corrected chi connectivity index (χ3v) is 3.89. The van der Waals surface area contributed by atoms with Crippen molar-refractivity contribution in [2.24, 2.45) is 0 Å². The van der Waals surface area contributed by atoms with Crippen molar-refractivity contribution in [1.82, 2.24) is 0 Å². The van der Waals surface area contributed by atoms with Gasteiger partial charge in [-0.05, 0) is 12.2 Å². The van der Waals surface area contributed by atoms with Crippen LogP contribution in [0.5, 0.6) is 0 Å². The lowest BCUT2D eigenvalue weighted by Gasteiger charge is -2.10. The van der Waals surface area contributed by atoms with Gasteiger partial charge < -0.3 is 5.32 Å². The molecule has 0 saturated carbocycles. The summed E-state index contributed by atoms with van der Waals surface area (Å²) in [5.74, 6) is 0.355. The third kappa shape index (κ3) is 4.28. The van der Waals surface area contributed by atoms with E-state index in [1.165, 1.54) is 0 Å². The monoisotopic (exact) mass is 344 g/mol. The Kier molecular flexibility index (Phi) is 6.69. The van der Waals surface area contributed by atoms with Crippen LogP contribution >= 0.6 is 11.8 Å². The topological polar surface area (TPSA) is 141 Å². The van der Waals surface area contributed by atoms with Crippen molar-refractivity contribution in [3.05, 3.63) is 36.4 Å². The highest BCUT2D eigenvalue weighted by Crippen LogP contribution is 2.47. The van der Waals surface area contributed by atoms with Gasteiger partial charge in [-0.25, -0.2) is 0 Å². The molecule has 0 fully saturated rings. The van der Waals surface area contributed by atoms with E-state index in [1.807, 2.05) is 6.92 Å². The van der Waals surface area contributed by atoms with Crippen molar-refractivity contribution in [2.75, 3.05) is 17.6 Å². The van der Waals surface area contributed by atoms with Crippen LogP contribution in [0.3, 0.4) is 0 Å². The number of nitro groups is 3. The zero-order valence-corrected chi connectivity index (χ0v) is 13.4. The molecule has 1 aromatic rings. The van der Waals surface area contributed by atoms with Crippen LogP contribution in [0.2, 0.25) is 0 Å². The van der Waals surface area contributed by atoms with E-state index in [0.717, 1.165) is 24.2 Å². The van der Waals surface area contributed by atoms with Gasteiger partial charge in [0.2, 0.25) is 0 Å². The minimum absolute atomic E-state index is 0.174. The molecule has 0 spiro atoms. The molecule has 1 aromatic carbocycles. The van der Waals surface area contributed by atoms with Crippen LogP contribution in [0, 0.1) is 30.3 Å². The van der Waals surface area contributed by atoms with Gasteiger partial charge in [0.05, 0.1) is 20.8 Å². The predicted molar refractivity (Wildman–Crippen MR) is 86.2 cm³/mol. The van der Waals surface area contributed by atoms with Crippen LogP contribution in [0.25, 0.3) is 0 Å². The lowest BCUT2D eigenvalue weighted by atomic mass is 10.2. The summed E-state index contributed by atoms with van der Waals surface area (Å²) < 4.78 is 0. The average molecular weight is 344 g/mol. The first-order chi connectivity index (χ1) is 10.8. The first kappa shape index (κ1) is 18.6. The second-order valence-corrected chi connectivity index (χ2v) is 5.73. The smallest absolute Gasteiger partial charge is 0.319 e. The quantitative estimate of drug-likeness (QED) is 0.309. The first-order valence-electron chi connectivity index (χ1n) is 6.85. The fourth-order valence-electron chi connectivity index (χ4n) is 1.93.